The molecule has 0 heterocycles. The summed E-state index contributed by atoms with van der Waals surface area (Å²) in [6.45, 7) is 0.831. The molecule has 7 heteroatoms. The molecule has 0 fully saturated rings. The Morgan fingerprint density at radius 3 is 1.75 bits per heavy atom. The van der Waals surface area contributed by atoms with Crippen molar-refractivity contribution in [3.05, 3.63) is 0 Å². The van der Waals surface area contributed by atoms with E-state index in [2.05, 4.69) is 0 Å². The minimum Gasteiger partial charge on any atom is -0.550 e. The van der Waals surface area contributed by atoms with Gasteiger partial charge in [-0.2, -0.15) is 0 Å². The van der Waals surface area contributed by atoms with Gasteiger partial charge in [-0.05, 0) is 6.92 Å². The third kappa shape index (κ3) is 8.76. The van der Waals surface area contributed by atoms with Gasteiger partial charge < -0.3 is 24.9 Å². The van der Waals surface area contributed by atoms with Gasteiger partial charge in [-0.3, -0.25) is 0 Å². The van der Waals surface area contributed by atoms with E-state index in [0.717, 1.165) is 6.92 Å². The molecule has 0 aliphatic carbocycles. The number of aliphatic carboxylic acids is 2. The number of carbonyl (C=O) groups is 2. The Morgan fingerprint density at radius 2 is 1.67 bits per heavy atom. The summed E-state index contributed by atoms with van der Waals surface area (Å²) >= 11 is 0. The van der Waals surface area contributed by atoms with Gasteiger partial charge in [0, 0.05) is 12.4 Å². The summed E-state index contributed by atoms with van der Waals surface area (Å²) in [5.41, 5.74) is -2.33. The normalized spacial score (nSPS) is 13.2. The van der Waals surface area contributed by atoms with Crippen LogP contribution in [0.15, 0.2) is 0 Å². The summed E-state index contributed by atoms with van der Waals surface area (Å²) in [6, 6.07) is 0. The Morgan fingerprint density at radius 1 is 1.33 bits per heavy atom. The molecule has 0 bridgehead atoms. The Balaban J connectivity index is -0.000000405. The van der Waals surface area contributed by atoms with Crippen LogP contribution < -0.4 is 113 Å². The van der Waals surface area contributed by atoms with Crippen LogP contribution in [-0.4, -0.2) is 22.6 Å². The van der Waals surface area contributed by atoms with Crippen molar-refractivity contribution in [3.63, 3.8) is 0 Å². The topological polar surface area (TPSA) is 100 Å². The first kappa shape index (κ1) is 19.7. The maximum absolute atomic E-state index is 9.90. The van der Waals surface area contributed by atoms with Gasteiger partial charge in [0.05, 0.1) is 5.97 Å². The molecule has 1 atom stereocenters. The first-order valence-corrected chi connectivity index (χ1v) is 2.50. The predicted molar refractivity (Wildman–Crippen MR) is 25.3 cm³/mol. The van der Waals surface area contributed by atoms with Gasteiger partial charge in [0.1, 0.15) is 5.60 Å². The van der Waals surface area contributed by atoms with E-state index < -0.39 is 24.0 Å². The van der Waals surface area contributed by atoms with Crippen LogP contribution in [-0.2, 0) is 9.59 Å². The fourth-order valence-electron chi connectivity index (χ4n) is 0.353. The number of hydrogen-bond acceptors (Lipinski definition) is 5. The molecule has 5 nitrogen and oxygen atoms in total. The molecule has 0 rings (SSSR count). The molecule has 0 spiro atoms. The van der Waals surface area contributed by atoms with Gasteiger partial charge in [0.25, 0.3) is 0 Å². The molecule has 12 heavy (non-hydrogen) atoms. The van der Waals surface area contributed by atoms with E-state index in [9.17, 15) is 19.8 Å². The number of aliphatic hydroxyl groups is 1. The van der Waals surface area contributed by atoms with Gasteiger partial charge in [-0.1, -0.05) is 0 Å². The van der Waals surface area contributed by atoms with Gasteiger partial charge in [-0.25, -0.2) is 0 Å². The Labute approximate surface area is 155 Å². The summed E-state index contributed by atoms with van der Waals surface area (Å²) in [5.74, 6) is -3.45. The van der Waals surface area contributed by atoms with Crippen LogP contribution in [0.25, 0.3) is 0 Å². The summed E-state index contributed by atoms with van der Waals surface area (Å²) in [4.78, 5) is 19.7. The molecule has 0 aromatic carbocycles. The number of carboxylic acids is 2. The Hall–Kier alpha value is 2.17. The second-order valence-electron chi connectivity index (χ2n) is 2.11. The molecular formula is C5H6K2O5. The van der Waals surface area contributed by atoms with Crippen LogP contribution in [0.4, 0.5) is 0 Å². The van der Waals surface area contributed by atoms with E-state index in [4.69, 9.17) is 5.11 Å². The molecule has 0 aliphatic heterocycles. The SMILES string of the molecule is CC(O)(CC(=O)[O-])C(=O)[O-].[K+].[K+]. The van der Waals surface area contributed by atoms with E-state index in [1.807, 2.05) is 0 Å². The van der Waals surface area contributed by atoms with Crippen molar-refractivity contribution >= 4 is 11.9 Å². The zero-order valence-electron chi connectivity index (χ0n) is 7.29. The summed E-state index contributed by atoms with van der Waals surface area (Å²) < 4.78 is 0. The Kier molecular flexibility index (Phi) is 13.9. The maximum atomic E-state index is 9.90. The van der Waals surface area contributed by atoms with Crippen molar-refractivity contribution < 1.29 is 128 Å². The molecule has 0 saturated heterocycles. The van der Waals surface area contributed by atoms with Crippen LogP contribution in [0.3, 0.4) is 0 Å². The van der Waals surface area contributed by atoms with E-state index in [1.54, 1.807) is 0 Å². The molecule has 1 N–H and O–H groups in total. The van der Waals surface area contributed by atoms with Crippen molar-refractivity contribution in [1.29, 1.82) is 0 Å². The van der Waals surface area contributed by atoms with Crippen LogP contribution in [0, 0.1) is 0 Å². The van der Waals surface area contributed by atoms with E-state index in [-0.39, 0.29) is 103 Å². The number of carboxylic acid groups (broad SMARTS) is 2. The first-order valence-electron chi connectivity index (χ1n) is 2.50. The second-order valence-corrected chi connectivity index (χ2v) is 2.11. The molecule has 58 valence electrons. The van der Waals surface area contributed by atoms with Crippen LogP contribution in [0.2, 0.25) is 0 Å². The van der Waals surface area contributed by atoms with Crippen molar-refractivity contribution in [1.82, 2.24) is 0 Å². The summed E-state index contributed by atoms with van der Waals surface area (Å²) in [5, 5.41) is 28.3. The minimum atomic E-state index is -2.33. The molecule has 0 amide bonds. The second kappa shape index (κ2) is 8.48. The van der Waals surface area contributed by atoms with Crippen LogP contribution in [0.1, 0.15) is 13.3 Å². The largest absolute Gasteiger partial charge is 1.00 e. The third-order valence-corrected chi connectivity index (χ3v) is 0.928. The van der Waals surface area contributed by atoms with Crippen molar-refractivity contribution in [2.75, 3.05) is 0 Å². The predicted octanol–water partition coefficient (Wildman–Crippen LogP) is -9.36. The van der Waals surface area contributed by atoms with Crippen molar-refractivity contribution in [3.8, 4) is 0 Å². The van der Waals surface area contributed by atoms with Crippen LogP contribution >= 0.6 is 0 Å². The maximum Gasteiger partial charge on any atom is 1.00 e. The number of rotatable bonds is 3. The smallest absolute Gasteiger partial charge is 0.550 e. The molecule has 0 aromatic heterocycles. The third-order valence-electron chi connectivity index (χ3n) is 0.928. The molecular weight excluding hydrogens is 218 g/mol. The fraction of sp³-hybridized carbons (Fsp3) is 0.600. The fourth-order valence-corrected chi connectivity index (χ4v) is 0.353. The molecule has 1 unspecified atom stereocenters. The average molecular weight is 224 g/mol. The Bertz CT molecular complexity index is 167. The van der Waals surface area contributed by atoms with Gasteiger partial charge in [0.2, 0.25) is 0 Å². The number of hydrogen-bond donors (Lipinski definition) is 1. The molecule has 0 aliphatic rings. The molecule has 0 saturated carbocycles. The molecule has 0 aromatic rings. The summed E-state index contributed by atoms with van der Waals surface area (Å²) in [7, 11) is 0. The van der Waals surface area contributed by atoms with Gasteiger partial charge >= 0.3 is 103 Å². The van der Waals surface area contributed by atoms with E-state index >= 15 is 0 Å². The zero-order chi connectivity index (χ0) is 8.36. The van der Waals surface area contributed by atoms with E-state index in [1.165, 1.54) is 0 Å². The van der Waals surface area contributed by atoms with Crippen molar-refractivity contribution in [2.24, 2.45) is 0 Å². The van der Waals surface area contributed by atoms with E-state index in [0.29, 0.717) is 0 Å². The first-order chi connectivity index (χ1) is 4.36. The standard InChI is InChI=1S/C5H8O5.2K/c1-5(10,4(8)9)2-3(6)7;;/h10H,2H2,1H3,(H,6,7)(H,8,9);;/q;2*+1/p-2. The zero-order valence-corrected chi connectivity index (χ0v) is 13.5. The van der Waals surface area contributed by atoms with Gasteiger partial charge in [-0.15, -0.1) is 0 Å². The van der Waals surface area contributed by atoms with Gasteiger partial charge in [0.15, 0.2) is 0 Å². The minimum absolute atomic E-state index is 0. The quantitative estimate of drug-likeness (QED) is 0.480. The average Bonchev–Trinajstić information content (AvgIpc) is 1.60. The monoisotopic (exact) mass is 224 g/mol. The molecule has 0 radical (unpaired) electrons. The number of carbonyl (C=O) groups excluding carboxylic acids is 2. The van der Waals surface area contributed by atoms with Crippen LogP contribution in [0.5, 0.6) is 0 Å². The summed E-state index contributed by atoms with van der Waals surface area (Å²) in [6.07, 6.45) is -0.963. The van der Waals surface area contributed by atoms with Crippen molar-refractivity contribution in [2.45, 2.75) is 18.9 Å².